The van der Waals surface area contributed by atoms with Crippen LogP contribution in [0, 0.1) is 5.41 Å². The van der Waals surface area contributed by atoms with Crippen LogP contribution >= 0.6 is 11.8 Å². The summed E-state index contributed by atoms with van der Waals surface area (Å²) in [7, 11) is 0. The molecule has 1 aliphatic rings. The van der Waals surface area contributed by atoms with Gasteiger partial charge in [0.2, 0.25) is 0 Å². The number of carbonyl (C=O) groups excluding carboxylic acids is 2. The fourth-order valence-corrected chi connectivity index (χ4v) is 3.59. The molecule has 0 radical (unpaired) electrons. The van der Waals surface area contributed by atoms with Gasteiger partial charge in [-0.15, -0.1) is 0 Å². The van der Waals surface area contributed by atoms with Gasteiger partial charge in [-0.3, -0.25) is 15.1 Å². The zero-order chi connectivity index (χ0) is 21.0. The van der Waals surface area contributed by atoms with E-state index >= 15 is 0 Å². The predicted octanol–water partition coefficient (Wildman–Crippen LogP) is 4.02. The van der Waals surface area contributed by atoms with Crippen molar-refractivity contribution in [3.63, 3.8) is 0 Å². The number of phenolic OH excluding ortho intramolecular Hbond substituents is 1. The van der Waals surface area contributed by atoms with Crippen LogP contribution in [-0.4, -0.2) is 35.4 Å². The van der Waals surface area contributed by atoms with E-state index in [-0.39, 0.29) is 23.4 Å². The first-order chi connectivity index (χ1) is 13.9. The van der Waals surface area contributed by atoms with Crippen molar-refractivity contribution in [3.8, 4) is 11.5 Å². The minimum atomic E-state index is -0.436. The summed E-state index contributed by atoms with van der Waals surface area (Å²) >= 11 is 1.04. The first kappa shape index (κ1) is 20.5. The highest BCUT2D eigenvalue weighted by Gasteiger charge is 2.33. The Hall–Kier alpha value is -3.26. The minimum absolute atomic E-state index is 0.0236. The van der Waals surface area contributed by atoms with Gasteiger partial charge in [-0.25, -0.2) is 4.79 Å². The summed E-state index contributed by atoms with van der Waals surface area (Å²) in [5, 5.41) is 18.1. The number of esters is 1. The summed E-state index contributed by atoms with van der Waals surface area (Å²) in [6.45, 7) is 4.23. The molecule has 1 amide bonds. The van der Waals surface area contributed by atoms with Gasteiger partial charge in [0.25, 0.3) is 5.91 Å². The molecule has 0 unspecified atom stereocenters. The summed E-state index contributed by atoms with van der Waals surface area (Å²) in [5.41, 5.74) is 1.55. The van der Waals surface area contributed by atoms with Crippen LogP contribution in [0.3, 0.4) is 0 Å². The van der Waals surface area contributed by atoms with Gasteiger partial charge < -0.3 is 14.6 Å². The largest absolute Gasteiger partial charge is 0.504 e. The lowest BCUT2D eigenvalue weighted by molar-refractivity contribution is -0.113. The number of anilines is 1. The summed E-state index contributed by atoms with van der Waals surface area (Å²) in [6.07, 6.45) is 1.65. The Kier molecular flexibility index (Phi) is 6.23. The second-order valence-corrected chi connectivity index (χ2v) is 7.01. The van der Waals surface area contributed by atoms with Gasteiger partial charge in [0, 0.05) is 0 Å². The molecule has 29 heavy (non-hydrogen) atoms. The Morgan fingerprint density at radius 1 is 1.17 bits per heavy atom. The number of thioether (sulfide) groups is 1. The second-order valence-electron chi connectivity index (χ2n) is 5.98. The number of amides is 1. The zero-order valence-corrected chi connectivity index (χ0v) is 16.8. The third-order valence-corrected chi connectivity index (χ3v) is 4.93. The molecule has 8 heteroatoms. The van der Waals surface area contributed by atoms with Crippen LogP contribution in [0.1, 0.15) is 29.8 Å². The summed E-state index contributed by atoms with van der Waals surface area (Å²) in [6, 6.07) is 11.1. The molecule has 2 N–H and O–H groups in total. The maximum atomic E-state index is 12.8. The Morgan fingerprint density at radius 2 is 1.90 bits per heavy atom. The maximum absolute atomic E-state index is 12.8. The summed E-state index contributed by atoms with van der Waals surface area (Å²) in [5.74, 6) is -0.418. The van der Waals surface area contributed by atoms with Gasteiger partial charge in [0.05, 0.1) is 29.4 Å². The van der Waals surface area contributed by atoms with Crippen molar-refractivity contribution in [1.29, 1.82) is 5.41 Å². The van der Waals surface area contributed by atoms with Gasteiger partial charge >= 0.3 is 5.97 Å². The third kappa shape index (κ3) is 4.43. The number of phenols is 1. The molecule has 0 aliphatic carbocycles. The Bertz CT molecular complexity index is 985. The first-order valence-electron chi connectivity index (χ1n) is 9.00. The number of ether oxygens (including phenoxy) is 2. The number of benzene rings is 2. The van der Waals surface area contributed by atoms with Crippen LogP contribution in [0.15, 0.2) is 47.4 Å². The van der Waals surface area contributed by atoms with E-state index in [9.17, 15) is 14.7 Å². The number of carbonyl (C=O) groups is 2. The Labute approximate surface area is 172 Å². The number of aromatic hydroxyl groups is 1. The lowest BCUT2D eigenvalue weighted by Gasteiger charge is -2.14. The molecule has 1 fully saturated rings. The molecule has 7 nitrogen and oxygen atoms in total. The van der Waals surface area contributed by atoms with Crippen LogP contribution in [0.4, 0.5) is 5.69 Å². The van der Waals surface area contributed by atoms with Crippen LogP contribution < -0.4 is 9.64 Å². The molecule has 150 valence electrons. The van der Waals surface area contributed by atoms with Crippen molar-refractivity contribution in [2.75, 3.05) is 18.1 Å². The quantitative estimate of drug-likeness (QED) is 0.549. The van der Waals surface area contributed by atoms with Crippen LogP contribution in [0.2, 0.25) is 0 Å². The van der Waals surface area contributed by atoms with E-state index in [1.807, 2.05) is 6.92 Å². The lowest BCUT2D eigenvalue weighted by atomic mass is 10.1. The predicted molar refractivity (Wildman–Crippen MR) is 112 cm³/mol. The zero-order valence-electron chi connectivity index (χ0n) is 16.0. The Morgan fingerprint density at radius 3 is 2.55 bits per heavy atom. The van der Waals surface area contributed by atoms with Crippen molar-refractivity contribution < 1.29 is 24.2 Å². The van der Waals surface area contributed by atoms with Crippen molar-refractivity contribution in [3.05, 3.63) is 58.5 Å². The maximum Gasteiger partial charge on any atom is 0.338 e. The number of nitrogens with zero attached hydrogens (tertiary/aromatic N) is 1. The monoisotopic (exact) mass is 412 g/mol. The highest BCUT2D eigenvalue weighted by Crippen LogP contribution is 2.36. The molecule has 0 saturated carbocycles. The molecular weight excluding hydrogens is 392 g/mol. The van der Waals surface area contributed by atoms with E-state index in [0.29, 0.717) is 34.1 Å². The molecule has 2 aromatic carbocycles. The Balaban J connectivity index is 1.83. The third-order valence-electron chi connectivity index (χ3n) is 4.04. The molecule has 2 aromatic rings. The van der Waals surface area contributed by atoms with E-state index in [2.05, 4.69) is 0 Å². The molecule has 1 saturated heterocycles. The molecule has 1 aliphatic heterocycles. The van der Waals surface area contributed by atoms with Gasteiger partial charge in [0.1, 0.15) is 0 Å². The van der Waals surface area contributed by atoms with E-state index in [1.54, 1.807) is 49.4 Å². The molecule has 0 atom stereocenters. The van der Waals surface area contributed by atoms with E-state index in [4.69, 9.17) is 14.9 Å². The van der Waals surface area contributed by atoms with Crippen molar-refractivity contribution in [2.24, 2.45) is 0 Å². The highest BCUT2D eigenvalue weighted by atomic mass is 32.2. The first-order valence-corrected chi connectivity index (χ1v) is 9.81. The molecule has 1 heterocycles. The molecule has 0 spiro atoms. The highest BCUT2D eigenvalue weighted by molar-refractivity contribution is 8.19. The van der Waals surface area contributed by atoms with Gasteiger partial charge in [-0.1, -0.05) is 6.07 Å². The van der Waals surface area contributed by atoms with E-state index in [0.717, 1.165) is 11.8 Å². The van der Waals surface area contributed by atoms with Crippen LogP contribution in [0.25, 0.3) is 6.08 Å². The van der Waals surface area contributed by atoms with Gasteiger partial charge in [-0.2, -0.15) is 0 Å². The fraction of sp³-hybridized carbons (Fsp3) is 0.190. The summed E-state index contributed by atoms with van der Waals surface area (Å²) in [4.78, 5) is 26.3. The van der Waals surface area contributed by atoms with Gasteiger partial charge in [0.15, 0.2) is 16.7 Å². The van der Waals surface area contributed by atoms with Crippen LogP contribution in [0.5, 0.6) is 11.5 Å². The smallest absolute Gasteiger partial charge is 0.338 e. The number of rotatable bonds is 6. The second kappa shape index (κ2) is 8.83. The standard InChI is InChI=1S/C21H20N2O5S/c1-3-27-17-11-13(5-10-16(17)24)12-18-19(25)23(21(22)29-18)15-8-6-14(7-9-15)20(26)28-4-2/h5-12,22,24H,3-4H2,1-2H3/b18-12-,22-21?. The fourth-order valence-electron chi connectivity index (χ4n) is 2.73. The minimum Gasteiger partial charge on any atom is -0.504 e. The lowest BCUT2D eigenvalue weighted by Crippen LogP contribution is -2.28. The molecule has 3 rings (SSSR count). The number of nitrogens with one attached hydrogen (secondary N) is 1. The average molecular weight is 412 g/mol. The molecular formula is C21H20N2O5S. The molecule has 0 bridgehead atoms. The van der Waals surface area contributed by atoms with Gasteiger partial charge in [-0.05, 0) is 73.6 Å². The number of amidine groups is 1. The van der Waals surface area contributed by atoms with Crippen LogP contribution in [-0.2, 0) is 9.53 Å². The topological polar surface area (TPSA) is 99.9 Å². The van der Waals surface area contributed by atoms with Crippen molar-refractivity contribution in [1.82, 2.24) is 0 Å². The van der Waals surface area contributed by atoms with E-state index in [1.165, 1.54) is 11.0 Å². The van der Waals surface area contributed by atoms with E-state index < -0.39 is 5.97 Å². The van der Waals surface area contributed by atoms with Crippen molar-refractivity contribution in [2.45, 2.75) is 13.8 Å². The number of hydrogen-bond donors (Lipinski definition) is 2. The number of hydrogen-bond acceptors (Lipinski definition) is 7. The average Bonchev–Trinajstić information content (AvgIpc) is 2.98. The normalized spacial score (nSPS) is 15.1. The van der Waals surface area contributed by atoms with Crippen molar-refractivity contribution >= 4 is 40.6 Å². The summed E-state index contributed by atoms with van der Waals surface area (Å²) < 4.78 is 10.3. The molecule has 0 aromatic heterocycles. The SMILES string of the molecule is CCOC(=O)c1ccc(N2C(=N)S/C(=C\c3ccc(O)c(OCC)c3)C2=O)cc1.